The number of nitrogens with one attached hydrogen (secondary N) is 1. The van der Waals surface area contributed by atoms with Crippen molar-refractivity contribution in [3.05, 3.63) is 34.9 Å². The Morgan fingerprint density at radius 3 is 2.80 bits per heavy atom. The molecule has 2 aliphatic rings. The average molecular weight is 272 g/mol. The van der Waals surface area contributed by atoms with Gasteiger partial charge in [-0.25, -0.2) is 0 Å². The fourth-order valence-electron chi connectivity index (χ4n) is 3.62. The Morgan fingerprint density at radius 1 is 1.20 bits per heavy atom. The van der Waals surface area contributed by atoms with Gasteiger partial charge in [0.1, 0.15) is 0 Å². The van der Waals surface area contributed by atoms with Crippen LogP contribution in [-0.2, 0) is 6.42 Å². The molecule has 1 aromatic rings. The summed E-state index contributed by atoms with van der Waals surface area (Å²) in [6, 6.07) is 7.53. The van der Waals surface area contributed by atoms with Gasteiger partial charge in [-0.15, -0.1) is 0 Å². The summed E-state index contributed by atoms with van der Waals surface area (Å²) >= 11 is 0. The van der Waals surface area contributed by atoms with Gasteiger partial charge in [0.05, 0.1) is 0 Å². The number of piperidine rings is 1. The molecule has 1 unspecified atom stereocenters. The summed E-state index contributed by atoms with van der Waals surface area (Å²) < 4.78 is 0. The Morgan fingerprint density at radius 2 is 2.00 bits per heavy atom. The summed E-state index contributed by atoms with van der Waals surface area (Å²) in [6.07, 6.45) is 5.28. The summed E-state index contributed by atoms with van der Waals surface area (Å²) in [5, 5.41) is 3.78. The van der Waals surface area contributed by atoms with Gasteiger partial charge in [0.2, 0.25) is 0 Å². The van der Waals surface area contributed by atoms with E-state index in [1.54, 1.807) is 11.1 Å². The molecule has 0 amide bonds. The van der Waals surface area contributed by atoms with Crippen LogP contribution < -0.4 is 5.32 Å². The van der Waals surface area contributed by atoms with Crippen LogP contribution in [0.1, 0.15) is 48.9 Å². The minimum atomic E-state index is 0.591. The largest absolute Gasteiger partial charge is 0.309 e. The van der Waals surface area contributed by atoms with Crippen molar-refractivity contribution in [3.63, 3.8) is 0 Å². The molecule has 0 saturated carbocycles. The van der Waals surface area contributed by atoms with E-state index in [2.05, 4.69) is 42.3 Å². The molecule has 3 rings (SSSR count). The minimum Gasteiger partial charge on any atom is -0.309 e. The molecule has 1 saturated heterocycles. The van der Waals surface area contributed by atoms with Crippen LogP contribution in [0.2, 0.25) is 0 Å². The van der Waals surface area contributed by atoms with Crippen LogP contribution in [0.3, 0.4) is 0 Å². The predicted octanol–water partition coefficient (Wildman–Crippen LogP) is 3.30. The number of hydrogen-bond donors (Lipinski definition) is 1. The second-order valence-corrected chi connectivity index (χ2v) is 6.77. The maximum Gasteiger partial charge on any atom is 0.0326 e. The van der Waals surface area contributed by atoms with E-state index >= 15 is 0 Å². The van der Waals surface area contributed by atoms with Crippen molar-refractivity contribution in [2.45, 2.75) is 45.6 Å². The molecule has 1 aliphatic heterocycles. The Bertz CT molecular complexity index is 447. The molecule has 1 N–H and O–H groups in total. The van der Waals surface area contributed by atoms with Crippen LogP contribution in [0.5, 0.6) is 0 Å². The first-order valence-electron chi connectivity index (χ1n) is 8.27. The van der Waals surface area contributed by atoms with Gasteiger partial charge in [-0.1, -0.05) is 30.7 Å². The van der Waals surface area contributed by atoms with Crippen molar-refractivity contribution >= 4 is 0 Å². The first-order chi connectivity index (χ1) is 9.72. The van der Waals surface area contributed by atoms with E-state index in [1.165, 1.54) is 50.9 Å². The SMILES string of the molecule is Cc1ccc2c(c1)C(NCCN1CCC(C)CC1)CC2. The number of fused-ring (bicyclic) bond motifs is 1. The fourth-order valence-corrected chi connectivity index (χ4v) is 3.62. The summed E-state index contributed by atoms with van der Waals surface area (Å²) in [4.78, 5) is 2.62. The molecule has 20 heavy (non-hydrogen) atoms. The van der Waals surface area contributed by atoms with Crippen molar-refractivity contribution in [1.82, 2.24) is 10.2 Å². The first kappa shape index (κ1) is 14.1. The molecule has 1 aliphatic carbocycles. The van der Waals surface area contributed by atoms with E-state index in [0.29, 0.717) is 6.04 Å². The van der Waals surface area contributed by atoms with Crippen molar-refractivity contribution < 1.29 is 0 Å². The Balaban J connectivity index is 1.47. The highest BCUT2D eigenvalue weighted by atomic mass is 15.1. The summed E-state index contributed by atoms with van der Waals surface area (Å²) in [7, 11) is 0. The molecule has 1 aromatic carbocycles. The number of nitrogens with zero attached hydrogens (tertiary/aromatic N) is 1. The van der Waals surface area contributed by atoms with E-state index in [9.17, 15) is 0 Å². The molecule has 2 nitrogen and oxygen atoms in total. The normalized spacial score (nSPS) is 24.0. The van der Waals surface area contributed by atoms with Gasteiger partial charge >= 0.3 is 0 Å². The summed E-state index contributed by atoms with van der Waals surface area (Å²) in [5.41, 5.74) is 4.50. The number of hydrogen-bond acceptors (Lipinski definition) is 2. The lowest BCUT2D eigenvalue weighted by molar-refractivity contribution is 0.191. The summed E-state index contributed by atoms with van der Waals surface area (Å²) in [5.74, 6) is 0.934. The van der Waals surface area contributed by atoms with Gasteiger partial charge in [0.15, 0.2) is 0 Å². The average Bonchev–Trinajstić information content (AvgIpc) is 2.84. The van der Waals surface area contributed by atoms with E-state index in [0.717, 1.165) is 12.5 Å². The highest BCUT2D eigenvalue weighted by Crippen LogP contribution is 2.31. The number of benzene rings is 1. The van der Waals surface area contributed by atoms with Gasteiger partial charge < -0.3 is 10.2 Å². The number of likely N-dealkylation sites (tertiary alicyclic amines) is 1. The van der Waals surface area contributed by atoms with Gasteiger partial charge in [-0.3, -0.25) is 0 Å². The van der Waals surface area contributed by atoms with Crippen molar-refractivity contribution in [3.8, 4) is 0 Å². The molecule has 0 aromatic heterocycles. The third-order valence-electron chi connectivity index (χ3n) is 5.07. The van der Waals surface area contributed by atoms with Crippen LogP contribution in [0.15, 0.2) is 18.2 Å². The molecular formula is C18H28N2. The van der Waals surface area contributed by atoms with Gasteiger partial charge in [0.25, 0.3) is 0 Å². The number of aryl methyl sites for hydroxylation is 2. The molecular weight excluding hydrogens is 244 g/mol. The smallest absolute Gasteiger partial charge is 0.0326 e. The standard InChI is InChI=1S/C18H28N2/c1-14-7-10-20(11-8-14)12-9-19-18-6-5-16-4-3-15(2)13-17(16)18/h3-4,13-14,18-19H,5-12H2,1-2H3. The zero-order valence-electron chi connectivity index (χ0n) is 13.0. The topological polar surface area (TPSA) is 15.3 Å². The van der Waals surface area contributed by atoms with Crippen LogP contribution in [0.25, 0.3) is 0 Å². The highest BCUT2D eigenvalue weighted by molar-refractivity contribution is 5.37. The third-order valence-corrected chi connectivity index (χ3v) is 5.07. The van der Waals surface area contributed by atoms with E-state index in [1.807, 2.05) is 0 Å². The molecule has 1 fully saturated rings. The maximum atomic E-state index is 3.78. The van der Waals surface area contributed by atoms with Crippen molar-refractivity contribution in [1.29, 1.82) is 0 Å². The minimum absolute atomic E-state index is 0.591. The van der Waals surface area contributed by atoms with Crippen molar-refractivity contribution in [2.75, 3.05) is 26.2 Å². The molecule has 0 spiro atoms. The van der Waals surface area contributed by atoms with Crippen LogP contribution in [-0.4, -0.2) is 31.1 Å². The quantitative estimate of drug-likeness (QED) is 0.904. The molecule has 0 bridgehead atoms. The lowest BCUT2D eigenvalue weighted by Crippen LogP contribution is -2.38. The van der Waals surface area contributed by atoms with E-state index in [4.69, 9.17) is 0 Å². The fraction of sp³-hybridized carbons (Fsp3) is 0.667. The molecule has 0 radical (unpaired) electrons. The number of rotatable bonds is 4. The van der Waals surface area contributed by atoms with Gasteiger partial charge in [0, 0.05) is 19.1 Å². The van der Waals surface area contributed by atoms with E-state index < -0.39 is 0 Å². The zero-order valence-corrected chi connectivity index (χ0v) is 13.0. The second-order valence-electron chi connectivity index (χ2n) is 6.77. The highest BCUT2D eigenvalue weighted by Gasteiger charge is 2.22. The lowest BCUT2D eigenvalue weighted by atomic mass is 9.99. The lowest BCUT2D eigenvalue weighted by Gasteiger charge is -2.30. The zero-order chi connectivity index (χ0) is 13.9. The summed E-state index contributed by atoms with van der Waals surface area (Å²) in [6.45, 7) is 9.52. The third kappa shape index (κ3) is 3.24. The monoisotopic (exact) mass is 272 g/mol. The molecule has 110 valence electrons. The van der Waals surface area contributed by atoms with Crippen LogP contribution >= 0.6 is 0 Å². The van der Waals surface area contributed by atoms with Crippen molar-refractivity contribution in [2.24, 2.45) is 5.92 Å². The maximum absolute atomic E-state index is 3.78. The second kappa shape index (κ2) is 6.28. The van der Waals surface area contributed by atoms with Crippen LogP contribution in [0, 0.1) is 12.8 Å². The Labute approximate surface area is 123 Å². The molecule has 2 heteroatoms. The Hall–Kier alpha value is -0.860. The molecule has 1 heterocycles. The van der Waals surface area contributed by atoms with Gasteiger partial charge in [-0.05, 0) is 62.7 Å². The van der Waals surface area contributed by atoms with E-state index in [-0.39, 0.29) is 0 Å². The van der Waals surface area contributed by atoms with Crippen LogP contribution in [0.4, 0.5) is 0 Å². The predicted molar refractivity (Wildman–Crippen MR) is 85.1 cm³/mol. The Kier molecular flexibility index (Phi) is 4.42. The molecule has 1 atom stereocenters. The van der Waals surface area contributed by atoms with Gasteiger partial charge in [-0.2, -0.15) is 0 Å². The first-order valence-corrected chi connectivity index (χ1v) is 8.27.